The molecule has 8 nitrogen and oxygen atoms in total. The predicted octanol–water partition coefficient (Wildman–Crippen LogP) is 0.457. The molecule has 1 fully saturated rings. The Labute approximate surface area is 159 Å². The van der Waals surface area contributed by atoms with Crippen molar-refractivity contribution in [3.63, 3.8) is 0 Å². The van der Waals surface area contributed by atoms with Crippen LogP contribution in [0.4, 0.5) is 5.82 Å². The molecular formula is C19H28N6O2. The molecule has 27 heavy (non-hydrogen) atoms. The molecule has 0 atom stereocenters. The smallest absolute Gasteiger partial charge is 0.266 e. The minimum Gasteiger partial charge on any atom is -0.353 e. The number of aryl methyl sites for hydroxylation is 1. The van der Waals surface area contributed by atoms with Crippen LogP contribution in [0.2, 0.25) is 0 Å². The molecule has 8 heteroatoms. The van der Waals surface area contributed by atoms with Gasteiger partial charge in [0.25, 0.3) is 11.1 Å². The van der Waals surface area contributed by atoms with Gasteiger partial charge in [-0.2, -0.15) is 10.2 Å². The summed E-state index contributed by atoms with van der Waals surface area (Å²) in [5, 5.41) is 8.85. The molecule has 1 aliphatic heterocycles. The second kappa shape index (κ2) is 7.64. The van der Waals surface area contributed by atoms with Crippen LogP contribution in [0.5, 0.6) is 0 Å². The van der Waals surface area contributed by atoms with Crippen molar-refractivity contribution in [3.05, 3.63) is 50.7 Å². The molecule has 146 valence electrons. The van der Waals surface area contributed by atoms with E-state index in [2.05, 4.69) is 40.8 Å². The van der Waals surface area contributed by atoms with Gasteiger partial charge >= 0.3 is 0 Å². The van der Waals surface area contributed by atoms with Crippen molar-refractivity contribution >= 4 is 5.82 Å². The highest BCUT2D eigenvalue weighted by Gasteiger charge is 2.20. The van der Waals surface area contributed by atoms with Crippen LogP contribution in [0.15, 0.2) is 33.9 Å². The number of hydrogen-bond acceptors (Lipinski definition) is 6. The molecule has 0 amide bonds. The normalized spacial score (nSPS) is 15.9. The molecule has 0 saturated carbocycles. The van der Waals surface area contributed by atoms with Crippen molar-refractivity contribution in [3.8, 4) is 0 Å². The van der Waals surface area contributed by atoms with Gasteiger partial charge in [0.1, 0.15) is 5.82 Å². The zero-order valence-corrected chi connectivity index (χ0v) is 16.6. The van der Waals surface area contributed by atoms with Crippen LogP contribution in [0.1, 0.15) is 26.5 Å². The van der Waals surface area contributed by atoms with Gasteiger partial charge in [0, 0.05) is 57.3 Å². The second-order valence-electron chi connectivity index (χ2n) is 8.01. The molecule has 0 bridgehead atoms. The summed E-state index contributed by atoms with van der Waals surface area (Å²) in [6.45, 7) is 11.1. The van der Waals surface area contributed by atoms with E-state index in [0.717, 1.165) is 44.2 Å². The molecule has 0 spiro atoms. The molecule has 2 aromatic heterocycles. The third-order valence-electron chi connectivity index (χ3n) is 4.91. The molecule has 1 aliphatic rings. The lowest BCUT2D eigenvalue weighted by Gasteiger charge is -2.35. The summed E-state index contributed by atoms with van der Waals surface area (Å²) in [5.41, 5.74) is 0.681. The van der Waals surface area contributed by atoms with E-state index in [1.165, 1.54) is 4.68 Å². The van der Waals surface area contributed by atoms with Gasteiger partial charge in [0.05, 0.1) is 12.2 Å². The van der Waals surface area contributed by atoms with Crippen molar-refractivity contribution in [1.82, 2.24) is 24.5 Å². The summed E-state index contributed by atoms with van der Waals surface area (Å²) in [6, 6.07) is 6.75. The van der Waals surface area contributed by atoms with E-state index in [9.17, 15) is 9.59 Å². The van der Waals surface area contributed by atoms with Gasteiger partial charge < -0.3 is 4.90 Å². The quantitative estimate of drug-likeness (QED) is 0.776. The van der Waals surface area contributed by atoms with Gasteiger partial charge in [0.2, 0.25) is 0 Å². The van der Waals surface area contributed by atoms with Crippen LogP contribution < -0.4 is 16.0 Å². The van der Waals surface area contributed by atoms with E-state index in [1.54, 1.807) is 29.9 Å². The monoisotopic (exact) mass is 372 g/mol. The second-order valence-corrected chi connectivity index (χ2v) is 8.01. The molecular weight excluding hydrogens is 344 g/mol. The average Bonchev–Trinajstić information content (AvgIpc) is 2.63. The molecule has 0 aromatic carbocycles. The van der Waals surface area contributed by atoms with E-state index in [0.29, 0.717) is 6.54 Å². The van der Waals surface area contributed by atoms with Crippen molar-refractivity contribution < 1.29 is 0 Å². The Hall–Kier alpha value is -2.48. The first kappa shape index (κ1) is 19.3. The number of piperazine rings is 1. The van der Waals surface area contributed by atoms with Crippen LogP contribution >= 0.6 is 0 Å². The molecule has 3 rings (SSSR count). The molecule has 0 N–H and O–H groups in total. The van der Waals surface area contributed by atoms with E-state index < -0.39 is 0 Å². The predicted molar refractivity (Wildman–Crippen MR) is 105 cm³/mol. The summed E-state index contributed by atoms with van der Waals surface area (Å²) >= 11 is 0. The Kier molecular flexibility index (Phi) is 5.46. The van der Waals surface area contributed by atoms with Gasteiger partial charge in [-0.15, -0.1) is 0 Å². The lowest BCUT2D eigenvalue weighted by Crippen LogP contribution is -2.48. The Morgan fingerprint density at radius 2 is 1.56 bits per heavy atom. The Morgan fingerprint density at radius 1 is 0.889 bits per heavy atom. The fourth-order valence-corrected chi connectivity index (χ4v) is 3.10. The molecule has 0 unspecified atom stereocenters. The molecule has 3 heterocycles. The Balaban J connectivity index is 1.58. The summed E-state index contributed by atoms with van der Waals surface area (Å²) in [7, 11) is 1.67. The van der Waals surface area contributed by atoms with E-state index in [4.69, 9.17) is 0 Å². The fraction of sp³-hybridized carbons (Fsp3) is 0.579. The third-order valence-corrected chi connectivity index (χ3v) is 4.91. The SMILES string of the molecule is Cn1nc(N2CCN(CCn3nc(C(C)(C)C)ccc3=O)CC2)ccc1=O. The fourth-order valence-electron chi connectivity index (χ4n) is 3.10. The number of nitrogens with zero attached hydrogens (tertiary/aromatic N) is 6. The van der Waals surface area contributed by atoms with Crippen molar-refractivity contribution in [2.75, 3.05) is 37.6 Å². The minimum absolute atomic E-state index is 0.0592. The first-order chi connectivity index (χ1) is 12.7. The van der Waals surface area contributed by atoms with Crippen molar-refractivity contribution in [2.45, 2.75) is 32.7 Å². The highest BCUT2D eigenvalue weighted by atomic mass is 16.1. The molecule has 0 radical (unpaired) electrons. The summed E-state index contributed by atoms with van der Waals surface area (Å²) < 4.78 is 2.93. The van der Waals surface area contributed by atoms with E-state index in [1.807, 2.05) is 6.07 Å². The van der Waals surface area contributed by atoms with Crippen molar-refractivity contribution in [2.24, 2.45) is 7.05 Å². The van der Waals surface area contributed by atoms with Gasteiger partial charge in [-0.1, -0.05) is 20.8 Å². The maximum absolute atomic E-state index is 12.1. The maximum Gasteiger partial charge on any atom is 0.266 e. The lowest BCUT2D eigenvalue weighted by atomic mass is 9.92. The first-order valence-corrected chi connectivity index (χ1v) is 9.34. The Bertz CT molecular complexity index is 903. The van der Waals surface area contributed by atoms with E-state index >= 15 is 0 Å². The molecule has 2 aromatic rings. The summed E-state index contributed by atoms with van der Waals surface area (Å²) in [5.74, 6) is 0.826. The zero-order valence-electron chi connectivity index (χ0n) is 16.6. The maximum atomic E-state index is 12.1. The van der Waals surface area contributed by atoms with Crippen LogP contribution in [-0.4, -0.2) is 57.2 Å². The number of rotatable bonds is 4. The van der Waals surface area contributed by atoms with Crippen LogP contribution in [0.25, 0.3) is 0 Å². The van der Waals surface area contributed by atoms with Crippen molar-refractivity contribution in [1.29, 1.82) is 0 Å². The highest BCUT2D eigenvalue weighted by Crippen LogP contribution is 2.18. The first-order valence-electron chi connectivity index (χ1n) is 9.34. The van der Waals surface area contributed by atoms with Crippen LogP contribution in [0, 0.1) is 0 Å². The van der Waals surface area contributed by atoms with E-state index in [-0.39, 0.29) is 16.5 Å². The van der Waals surface area contributed by atoms with Gasteiger partial charge in [0.15, 0.2) is 0 Å². The van der Waals surface area contributed by atoms with Gasteiger partial charge in [-0.3, -0.25) is 14.5 Å². The molecule has 1 saturated heterocycles. The van der Waals surface area contributed by atoms with Crippen LogP contribution in [0.3, 0.4) is 0 Å². The largest absolute Gasteiger partial charge is 0.353 e. The third kappa shape index (κ3) is 4.63. The minimum atomic E-state index is -0.104. The zero-order chi connectivity index (χ0) is 19.6. The number of hydrogen-bond donors (Lipinski definition) is 0. The molecule has 0 aliphatic carbocycles. The Morgan fingerprint density at radius 3 is 2.19 bits per heavy atom. The van der Waals surface area contributed by atoms with Gasteiger partial charge in [-0.05, 0) is 12.1 Å². The average molecular weight is 372 g/mol. The lowest BCUT2D eigenvalue weighted by molar-refractivity contribution is 0.241. The number of anilines is 1. The standard InChI is InChI=1S/C19H28N6O2/c1-19(2,3)15-5-7-18(27)25(20-15)14-11-23-9-12-24(13-10-23)16-6-8-17(26)22(4)21-16/h5-8H,9-14H2,1-4H3. The van der Waals surface area contributed by atoms with Crippen LogP contribution in [-0.2, 0) is 19.0 Å². The van der Waals surface area contributed by atoms with Gasteiger partial charge in [-0.25, -0.2) is 9.36 Å². The number of aromatic nitrogens is 4. The topological polar surface area (TPSA) is 76.3 Å². The summed E-state index contributed by atoms with van der Waals surface area (Å²) in [4.78, 5) is 28.1. The summed E-state index contributed by atoms with van der Waals surface area (Å²) in [6.07, 6.45) is 0. The highest BCUT2D eigenvalue weighted by molar-refractivity contribution is 5.37.